The molecule has 1 rings (SSSR count). The molecular weight excluding hydrogens is 195 g/mol. The molecule has 5 heteroatoms. The minimum absolute atomic E-state index is 0.359. The Bertz CT molecular complexity index is 333. The monoisotopic (exact) mass is 205 g/mol. The van der Waals surface area contributed by atoms with Crippen molar-refractivity contribution in [3.05, 3.63) is 23.8 Å². The maximum Gasteiger partial charge on any atom is 0.416 e. The van der Waals surface area contributed by atoms with Crippen molar-refractivity contribution in [2.45, 2.75) is 6.18 Å². The molecule has 0 saturated heterocycles. The fraction of sp³-hybridized carbons (Fsp3) is 0.333. The van der Waals surface area contributed by atoms with Gasteiger partial charge in [-0.25, -0.2) is 0 Å². The molecule has 0 saturated carbocycles. The molecule has 0 atom stereocenters. The lowest BCUT2D eigenvalue weighted by molar-refractivity contribution is -0.137. The molecule has 0 aromatic heterocycles. The van der Waals surface area contributed by atoms with Crippen LogP contribution in [0.5, 0.6) is 5.75 Å². The molecule has 78 valence electrons. The third kappa shape index (κ3) is 2.10. The first-order valence-electron chi connectivity index (χ1n) is 3.90. The summed E-state index contributed by atoms with van der Waals surface area (Å²) in [6, 6.07) is 2.89. The molecule has 0 heterocycles. The normalized spacial score (nSPS) is 11.5. The molecule has 0 aliphatic carbocycles. The molecule has 1 aromatic carbocycles. The number of phenolic OH excluding ortho intramolecular Hbond substituents is 1. The lowest BCUT2D eigenvalue weighted by Crippen LogP contribution is -2.10. The van der Waals surface area contributed by atoms with Gasteiger partial charge in [-0.3, -0.25) is 0 Å². The van der Waals surface area contributed by atoms with E-state index in [1.54, 1.807) is 14.1 Å². The molecule has 0 radical (unpaired) electrons. The average molecular weight is 205 g/mol. The van der Waals surface area contributed by atoms with E-state index in [4.69, 9.17) is 0 Å². The molecule has 0 aliphatic heterocycles. The van der Waals surface area contributed by atoms with Gasteiger partial charge in [0.15, 0.2) is 0 Å². The van der Waals surface area contributed by atoms with Gasteiger partial charge in [0.05, 0.1) is 11.3 Å². The summed E-state index contributed by atoms with van der Waals surface area (Å²) in [5, 5.41) is 9.28. The van der Waals surface area contributed by atoms with E-state index in [2.05, 4.69) is 0 Å². The van der Waals surface area contributed by atoms with Gasteiger partial charge in [0.25, 0.3) is 0 Å². The maximum atomic E-state index is 12.2. The van der Waals surface area contributed by atoms with E-state index < -0.39 is 11.7 Å². The molecule has 0 amide bonds. The Kier molecular flexibility index (Phi) is 2.59. The van der Waals surface area contributed by atoms with E-state index in [0.29, 0.717) is 5.69 Å². The van der Waals surface area contributed by atoms with Gasteiger partial charge in [-0.2, -0.15) is 13.2 Å². The van der Waals surface area contributed by atoms with Crippen LogP contribution < -0.4 is 4.90 Å². The Morgan fingerprint density at radius 2 is 1.79 bits per heavy atom. The SMILES string of the molecule is CN(C)c1ccc(C(F)(F)F)cc1O. The lowest BCUT2D eigenvalue weighted by atomic mass is 10.2. The minimum atomic E-state index is -4.41. The molecule has 0 bridgehead atoms. The van der Waals surface area contributed by atoms with Crippen LogP contribution in [0.4, 0.5) is 18.9 Å². The van der Waals surface area contributed by atoms with E-state index >= 15 is 0 Å². The summed E-state index contributed by atoms with van der Waals surface area (Å²) in [6.45, 7) is 0. The number of phenols is 1. The van der Waals surface area contributed by atoms with Crippen molar-refractivity contribution in [1.82, 2.24) is 0 Å². The zero-order chi connectivity index (χ0) is 10.9. The van der Waals surface area contributed by atoms with Gasteiger partial charge in [-0.15, -0.1) is 0 Å². The van der Waals surface area contributed by atoms with Gasteiger partial charge in [0, 0.05) is 14.1 Å². The third-order valence-electron chi connectivity index (χ3n) is 1.78. The van der Waals surface area contributed by atoms with Crippen LogP contribution in [0.1, 0.15) is 5.56 Å². The van der Waals surface area contributed by atoms with Crippen molar-refractivity contribution >= 4 is 5.69 Å². The molecule has 1 N–H and O–H groups in total. The van der Waals surface area contributed by atoms with E-state index in [-0.39, 0.29) is 5.75 Å². The zero-order valence-electron chi connectivity index (χ0n) is 7.76. The van der Waals surface area contributed by atoms with E-state index in [1.165, 1.54) is 11.0 Å². The second-order valence-corrected chi connectivity index (χ2v) is 3.10. The smallest absolute Gasteiger partial charge is 0.416 e. The van der Waals surface area contributed by atoms with Crippen LogP contribution in [0.2, 0.25) is 0 Å². The van der Waals surface area contributed by atoms with Crippen molar-refractivity contribution < 1.29 is 18.3 Å². The van der Waals surface area contributed by atoms with Gasteiger partial charge in [-0.1, -0.05) is 0 Å². The Labute approximate surface area is 79.6 Å². The topological polar surface area (TPSA) is 23.5 Å². The van der Waals surface area contributed by atoms with Crippen molar-refractivity contribution in [2.24, 2.45) is 0 Å². The van der Waals surface area contributed by atoms with E-state index in [0.717, 1.165) is 12.1 Å². The Balaban J connectivity index is 3.13. The molecule has 0 unspecified atom stereocenters. The highest BCUT2D eigenvalue weighted by molar-refractivity contribution is 5.58. The molecule has 1 aromatic rings. The molecule has 0 spiro atoms. The Morgan fingerprint density at radius 1 is 1.21 bits per heavy atom. The summed E-state index contributed by atoms with van der Waals surface area (Å²) in [5.74, 6) is -0.371. The second-order valence-electron chi connectivity index (χ2n) is 3.10. The molecule has 0 aliphatic rings. The van der Waals surface area contributed by atoms with Crippen LogP contribution in [-0.2, 0) is 6.18 Å². The fourth-order valence-electron chi connectivity index (χ4n) is 1.08. The Hall–Kier alpha value is -1.39. The van der Waals surface area contributed by atoms with Gasteiger partial charge in [0.2, 0.25) is 0 Å². The molecule has 0 fully saturated rings. The van der Waals surface area contributed by atoms with Gasteiger partial charge >= 0.3 is 6.18 Å². The molecule has 14 heavy (non-hydrogen) atoms. The van der Waals surface area contributed by atoms with Crippen LogP contribution in [0.25, 0.3) is 0 Å². The summed E-state index contributed by atoms with van der Waals surface area (Å²) < 4.78 is 36.5. The molecule has 2 nitrogen and oxygen atoms in total. The summed E-state index contributed by atoms with van der Waals surface area (Å²) in [6.07, 6.45) is -4.41. The van der Waals surface area contributed by atoms with Crippen molar-refractivity contribution in [3.63, 3.8) is 0 Å². The highest BCUT2D eigenvalue weighted by Gasteiger charge is 2.31. The first-order chi connectivity index (χ1) is 6.32. The fourth-order valence-corrected chi connectivity index (χ4v) is 1.08. The highest BCUT2D eigenvalue weighted by atomic mass is 19.4. The number of hydrogen-bond donors (Lipinski definition) is 1. The number of rotatable bonds is 1. The van der Waals surface area contributed by atoms with Crippen molar-refractivity contribution in [2.75, 3.05) is 19.0 Å². The number of anilines is 1. The summed E-state index contributed by atoms with van der Waals surface area (Å²) in [5.41, 5.74) is -0.487. The van der Waals surface area contributed by atoms with Crippen LogP contribution in [0, 0.1) is 0 Å². The number of hydrogen-bond acceptors (Lipinski definition) is 2. The lowest BCUT2D eigenvalue weighted by Gasteiger charge is -2.15. The first-order valence-corrected chi connectivity index (χ1v) is 3.90. The zero-order valence-corrected chi connectivity index (χ0v) is 7.76. The van der Waals surface area contributed by atoms with Crippen LogP contribution in [-0.4, -0.2) is 19.2 Å². The number of halogens is 3. The second kappa shape index (κ2) is 3.40. The summed E-state index contributed by atoms with van der Waals surface area (Å²) in [7, 11) is 3.28. The number of aromatic hydroxyl groups is 1. The quantitative estimate of drug-likeness (QED) is 0.761. The maximum absolute atomic E-state index is 12.2. The first kappa shape index (κ1) is 10.7. The minimum Gasteiger partial charge on any atom is -0.506 e. The van der Waals surface area contributed by atoms with E-state index in [9.17, 15) is 18.3 Å². The molecular formula is C9H10F3NO. The summed E-state index contributed by atoms with van der Waals surface area (Å²) in [4.78, 5) is 1.54. The number of nitrogens with zero attached hydrogens (tertiary/aromatic N) is 1. The predicted molar refractivity (Wildman–Crippen MR) is 47.4 cm³/mol. The van der Waals surface area contributed by atoms with Crippen LogP contribution >= 0.6 is 0 Å². The number of benzene rings is 1. The van der Waals surface area contributed by atoms with Crippen LogP contribution in [0.3, 0.4) is 0 Å². The van der Waals surface area contributed by atoms with E-state index in [1.807, 2.05) is 0 Å². The number of alkyl halides is 3. The standard InChI is InChI=1S/C9H10F3NO/c1-13(2)7-4-3-6(5-8(7)14)9(10,11)12/h3-5,14H,1-2H3. The largest absolute Gasteiger partial charge is 0.506 e. The summed E-state index contributed by atoms with van der Waals surface area (Å²) >= 11 is 0. The third-order valence-corrected chi connectivity index (χ3v) is 1.78. The highest BCUT2D eigenvalue weighted by Crippen LogP contribution is 2.35. The van der Waals surface area contributed by atoms with Crippen LogP contribution in [0.15, 0.2) is 18.2 Å². The van der Waals surface area contributed by atoms with Gasteiger partial charge in [0.1, 0.15) is 5.75 Å². The van der Waals surface area contributed by atoms with Gasteiger partial charge in [-0.05, 0) is 18.2 Å². The Morgan fingerprint density at radius 3 is 2.14 bits per heavy atom. The predicted octanol–water partition coefficient (Wildman–Crippen LogP) is 2.48. The van der Waals surface area contributed by atoms with Crippen molar-refractivity contribution in [1.29, 1.82) is 0 Å². The average Bonchev–Trinajstić information content (AvgIpc) is 2.01. The van der Waals surface area contributed by atoms with Gasteiger partial charge < -0.3 is 10.0 Å². The van der Waals surface area contributed by atoms with Crippen molar-refractivity contribution in [3.8, 4) is 5.75 Å².